The maximum Gasteiger partial charge on any atom is 0.0622 e. The van der Waals surface area contributed by atoms with Gasteiger partial charge in [-0.05, 0) is 50.9 Å². The molecule has 4 aliphatic rings. The Morgan fingerprint density at radius 2 is 1.86 bits per heavy atom. The predicted octanol–water partition coefficient (Wildman–Crippen LogP) is 2.80. The van der Waals surface area contributed by atoms with Crippen molar-refractivity contribution in [3.63, 3.8) is 0 Å². The fourth-order valence-corrected chi connectivity index (χ4v) is 5.19. The van der Waals surface area contributed by atoms with E-state index in [1.807, 2.05) is 0 Å². The highest BCUT2D eigenvalue weighted by Crippen LogP contribution is 2.46. The smallest absolute Gasteiger partial charge is 0.0622 e. The van der Waals surface area contributed by atoms with Gasteiger partial charge in [0, 0.05) is 37.3 Å². The highest BCUT2D eigenvalue weighted by atomic mass is 16.5. The van der Waals surface area contributed by atoms with Crippen molar-refractivity contribution in [3.8, 4) is 0 Å². The molecule has 0 amide bonds. The number of hydrogen-bond acceptors (Lipinski definition) is 3. The van der Waals surface area contributed by atoms with Gasteiger partial charge in [-0.2, -0.15) is 0 Å². The van der Waals surface area contributed by atoms with Crippen molar-refractivity contribution in [2.24, 2.45) is 11.8 Å². The van der Waals surface area contributed by atoms with Gasteiger partial charge in [-0.25, -0.2) is 0 Å². The first-order chi connectivity index (χ1) is 10.3. The molecule has 0 radical (unpaired) electrons. The van der Waals surface area contributed by atoms with Crippen molar-refractivity contribution < 1.29 is 4.74 Å². The van der Waals surface area contributed by atoms with Crippen molar-refractivity contribution in [3.05, 3.63) is 0 Å². The molecule has 4 fully saturated rings. The van der Waals surface area contributed by atoms with Crippen molar-refractivity contribution in [2.75, 3.05) is 26.3 Å². The first-order valence-electron chi connectivity index (χ1n) is 9.35. The number of piperazine rings is 1. The molecule has 4 rings (SSSR count). The van der Waals surface area contributed by atoms with Gasteiger partial charge < -0.3 is 10.1 Å². The van der Waals surface area contributed by atoms with E-state index in [0.717, 1.165) is 31.1 Å². The Kier molecular flexibility index (Phi) is 4.01. The van der Waals surface area contributed by atoms with Gasteiger partial charge in [0.05, 0.1) is 6.61 Å². The zero-order valence-electron chi connectivity index (χ0n) is 13.7. The fourth-order valence-electron chi connectivity index (χ4n) is 5.19. The van der Waals surface area contributed by atoms with Crippen molar-refractivity contribution in [1.29, 1.82) is 0 Å². The first-order valence-corrected chi connectivity index (χ1v) is 9.35. The Balaban J connectivity index is 1.49. The average molecular weight is 292 g/mol. The van der Waals surface area contributed by atoms with Crippen LogP contribution in [0.1, 0.15) is 58.3 Å². The van der Waals surface area contributed by atoms with Crippen LogP contribution in [0.5, 0.6) is 0 Å². The van der Waals surface area contributed by atoms with Crippen LogP contribution in [0.3, 0.4) is 0 Å². The van der Waals surface area contributed by atoms with Crippen molar-refractivity contribution in [1.82, 2.24) is 10.2 Å². The molecule has 0 aromatic rings. The van der Waals surface area contributed by atoms with E-state index in [1.165, 1.54) is 64.5 Å². The molecule has 0 aromatic heterocycles. The molecule has 3 atom stereocenters. The summed E-state index contributed by atoms with van der Waals surface area (Å²) in [7, 11) is 0. The fraction of sp³-hybridized carbons (Fsp3) is 1.00. The van der Waals surface area contributed by atoms with Gasteiger partial charge in [0.1, 0.15) is 0 Å². The van der Waals surface area contributed by atoms with Crippen LogP contribution in [0.15, 0.2) is 0 Å². The lowest BCUT2D eigenvalue weighted by molar-refractivity contribution is -0.0179. The van der Waals surface area contributed by atoms with Gasteiger partial charge in [0.25, 0.3) is 0 Å². The standard InChI is InChI=1S/C18H32N2O/c1-18(15-7-8-15)13-19-17(14-5-3-2-4-6-14)11-20(18)16-9-10-21-12-16/h14-17,19H,2-13H2,1H3. The molecule has 2 heterocycles. The maximum absolute atomic E-state index is 5.72. The third kappa shape index (κ3) is 2.77. The lowest BCUT2D eigenvalue weighted by Gasteiger charge is -2.53. The summed E-state index contributed by atoms with van der Waals surface area (Å²) in [4.78, 5) is 2.88. The largest absolute Gasteiger partial charge is 0.380 e. The van der Waals surface area contributed by atoms with Gasteiger partial charge >= 0.3 is 0 Å². The third-order valence-corrected chi connectivity index (χ3v) is 6.79. The molecule has 1 N–H and O–H groups in total. The summed E-state index contributed by atoms with van der Waals surface area (Å²) in [6.07, 6.45) is 11.4. The van der Waals surface area contributed by atoms with E-state index in [-0.39, 0.29) is 0 Å². The van der Waals surface area contributed by atoms with E-state index in [1.54, 1.807) is 0 Å². The monoisotopic (exact) mass is 292 g/mol. The predicted molar refractivity (Wildman–Crippen MR) is 85.4 cm³/mol. The third-order valence-electron chi connectivity index (χ3n) is 6.79. The lowest BCUT2D eigenvalue weighted by atomic mass is 9.79. The van der Waals surface area contributed by atoms with Gasteiger partial charge in [0.2, 0.25) is 0 Å². The van der Waals surface area contributed by atoms with Gasteiger partial charge in [-0.1, -0.05) is 19.3 Å². The first kappa shape index (κ1) is 14.5. The Hall–Kier alpha value is -0.120. The molecule has 2 saturated heterocycles. The van der Waals surface area contributed by atoms with E-state index < -0.39 is 0 Å². The summed E-state index contributed by atoms with van der Waals surface area (Å²) in [6, 6.07) is 1.42. The molecule has 3 nitrogen and oxygen atoms in total. The second-order valence-corrected chi connectivity index (χ2v) is 8.19. The van der Waals surface area contributed by atoms with Crippen LogP contribution in [0.2, 0.25) is 0 Å². The number of rotatable bonds is 3. The Bertz CT molecular complexity index is 358. The minimum Gasteiger partial charge on any atom is -0.380 e. The second kappa shape index (κ2) is 5.82. The van der Waals surface area contributed by atoms with Crippen LogP contribution in [0.4, 0.5) is 0 Å². The van der Waals surface area contributed by atoms with E-state index in [4.69, 9.17) is 4.74 Å². The molecule has 2 aliphatic heterocycles. The SMILES string of the molecule is CC1(C2CC2)CNC(C2CCCCC2)CN1C1CCOC1. The number of ether oxygens (including phenoxy) is 1. The van der Waals surface area contributed by atoms with Crippen LogP contribution in [0, 0.1) is 11.8 Å². The number of nitrogens with one attached hydrogen (secondary N) is 1. The molecule has 21 heavy (non-hydrogen) atoms. The highest BCUT2D eigenvalue weighted by molar-refractivity contribution is 5.07. The van der Waals surface area contributed by atoms with Crippen LogP contribution in [0.25, 0.3) is 0 Å². The van der Waals surface area contributed by atoms with Gasteiger partial charge in [-0.3, -0.25) is 4.90 Å². The molecule has 3 unspecified atom stereocenters. The summed E-state index contributed by atoms with van der Waals surface area (Å²) >= 11 is 0. The lowest BCUT2D eigenvalue weighted by Crippen LogP contribution is -2.68. The Morgan fingerprint density at radius 1 is 1.05 bits per heavy atom. The van der Waals surface area contributed by atoms with E-state index in [0.29, 0.717) is 11.6 Å². The Labute approximate surface area is 129 Å². The average Bonchev–Trinajstić information content (AvgIpc) is 3.26. The van der Waals surface area contributed by atoms with Crippen LogP contribution in [-0.2, 0) is 4.74 Å². The molecule has 0 bridgehead atoms. The quantitative estimate of drug-likeness (QED) is 0.865. The summed E-state index contributed by atoms with van der Waals surface area (Å²) in [5.74, 6) is 1.85. The summed E-state index contributed by atoms with van der Waals surface area (Å²) in [5, 5.41) is 3.97. The van der Waals surface area contributed by atoms with Gasteiger partial charge in [0.15, 0.2) is 0 Å². The molecule has 3 heteroatoms. The minimum atomic E-state index is 0.392. The molecule has 2 aliphatic carbocycles. The van der Waals surface area contributed by atoms with Crippen LogP contribution >= 0.6 is 0 Å². The topological polar surface area (TPSA) is 24.5 Å². The molecular formula is C18H32N2O. The summed E-state index contributed by atoms with van der Waals surface area (Å²) in [6.45, 7) is 6.94. The second-order valence-electron chi connectivity index (χ2n) is 8.19. The van der Waals surface area contributed by atoms with E-state index in [2.05, 4.69) is 17.1 Å². The van der Waals surface area contributed by atoms with E-state index >= 15 is 0 Å². The highest BCUT2D eigenvalue weighted by Gasteiger charge is 2.51. The van der Waals surface area contributed by atoms with E-state index in [9.17, 15) is 0 Å². The molecule has 2 saturated carbocycles. The number of nitrogens with zero attached hydrogens (tertiary/aromatic N) is 1. The minimum absolute atomic E-state index is 0.392. The van der Waals surface area contributed by atoms with Crippen LogP contribution in [-0.4, -0.2) is 48.8 Å². The normalized spacial score (nSPS) is 43.3. The van der Waals surface area contributed by atoms with Crippen molar-refractivity contribution in [2.45, 2.75) is 75.9 Å². The molecule has 0 spiro atoms. The van der Waals surface area contributed by atoms with Crippen molar-refractivity contribution >= 4 is 0 Å². The summed E-state index contributed by atoms with van der Waals surface area (Å²) < 4.78 is 5.72. The maximum atomic E-state index is 5.72. The zero-order valence-corrected chi connectivity index (χ0v) is 13.7. The zero-order chi connectivity index (χ0) is 14.3. The molecule has 0 aromatic carbocycles. The Morgan fingerprint density at radius 3 is 2.52 bits per heavy atom. The summed E-state index contributed by atoms with van der Waals surface area (Å²) in [5.41, 5.74) is 0.392. The van der Waals surface area contributed by atoms with Crippen LogP contribution < -0.4 is 5.32 Å². The number of hydrogen-bond donors (Lipinski definition) is 1. The molecule has 120 valence electrons. The van der Waals surface area contributed by atoms with Gasteiger partial charge in [-0.15, -0.1) is 0 Å². The molecular weight excluding hydrogens is 260 g/mol.